The van der Waals surface area contributed by atoms with Gasteiger partial charge in [-0.1, -0.05) is 37.3 Å². The first-order chi connectivity index (χ1) is 6.70. The van der Waals surface area contributed by atoms with Crippen LogP contribution in [0.2, 0.25) is 0 Å². The van der Waals surface area contributed by atoms with Crippen molar-refractivity contribution in [2.75, 3.05) is 0 Å². The molecule has 1 aromatic rings. The van der Waals surface area contributed by atoms with E-state index in [9.17, 15) is 4.79 Å². The molecular weight excluding hydrogens is 176 g/mol. The molecule has 74 valence electrons. The number of carboxylic acids is 1. The molecule has 0 heterocycles. The number of rotatable bonds is 3. The second kappa shape index (κ2) is 3.45. The monoisotopic (exact) mass is 190 g/mol. The molecule has 1 unspecified atom stereocenters. The molecule has 1 aromatic carbocycles. The van der Waals surface area contributed by atoms with Crippen molar-refractivity contribution in [3.05, 3.63) is 35.9 Å². The van der Waals surface area contributed by atoms with Crippen LogP contribution in [0.1, 0.15) is 24.8 Å². The molecule has 0 spiro atoms. The van der Waals surface area contributed by atoms with E-state index in [-0.39, 0.29) is 5.92 Å². The highest BCUT2D eigenvalue weighted by Gasteiger charge is 2.46. The van der Waals surface area contributed by atoms with Crippen molar-refractivity contribution in [1.29, 1.82) is 0 Å². The topological polar surface area (TPSA) is 37.3 Å². The van der Waals surface area contributed by atoms with Gasteiger partial charge >= 0.3 is 5.97 Å². The first-order valence-corrected chi connectivity index (χ1v) is 4.98. The zero-order chi connectivity index (χ0) is 10.1. The second-order valence-corrected chi connectivity index (χ2v) is 4.04. The van der Waals surface area contributed by atoms with E-state index in [1.807, 2.05) is 18.2 Å². The van der Waals surface area contributed by atoms with E-state index in [4.69, 9.17) is 5.11 Å². The summed E-state index contributed by atoms with van der Waals surface area (Å²) in [6.45, 7) is 2.11. The van der Waals surface area contributed by atoms with Crippen LogP contribution in [-0.2, 0) is 4.79 Å². The molecule has 3 atom stereocenters. The van der Waals surface area contributed by atoms with Gasteiger partial charge in [0.05, 0.1) is 5.92 Å². The Bertz CT molecular complexity index is 331. The van der Waals surface area contributed by atoms with E-state index >= 15 is 0 Å². The number of carboxylic acid groups (broad SMARTS) is 1. The maximum Gasteiger partial charge on any atom is 0.306 e. The molecule has 0 aliphatic heterocycles. The van der Waals surface area contributed by atoms with Gasteiger partial charge in [0, 0.05) is 0 Å². The van der Waals surface area contributed by atoms with Crippen LogP contribution in [0, 0.1) is 11.8 Å². The number of hydrogen-bond acceptors (Lipinski definition) is 1. The van der Waals surface area contributed by atoms with Gasteiger partial charge in [0.2, 0.25) is 0 Å². The zero-order valence-electron chi connectivity index (χ0n) is 8.18. The van der Waals surface area contributed by atoms with Crippen molar-refractivity contribution in [1.82, 2.24) is 0 Å². The number of benzene rings is 1. The average Bonchev–Trinajstić information content (AvgIpc) is 2.97. The lowest BCUT2D eigenvalue weighted by Crippen LogP contribution is -2.04. The molecule has 0 radical (unpaired) electrons. The highest BCUT2D eigenvalue weighted by molar-refractivity contribution is 5.73. The standard InChI is InChI=1S/C12H14O2/c1-8(9-5-3-2-4-6-9)10-7-11(10)12(13)14/h2-6,8,10-11H,7H2,1H3,(H,13,14)/t8?,10-,11+/m0/s1. The Kier molecular flexibility index (Phi) is 2.28. The fraction of sp³-hybridized carbons (Fsp3) is 0.417. The lowest BCUT2D eigenvalue weighted by atomic mass is 9.95. The van der Waals surface area contributed by atoms with Crippen molar-refractivity contribution in [2.24, 2.45) is 11.8 Å². The molecule has 2 nitrogen and oxygen atoms in total. The quantitative estimate of drug-likeness (QED) is 0.795. The Labute approximate surface area is 83.6 Å². The normalized spacial score (nSPS) is 26.9. The van der Waals surface area contributed by atoms with Crippen LogP contribution in [-0.4, -0.2) is 11.1 Å². The predicted octanol–water partition coefficient (Wildman–Crippen LogP) is 2.51. The van der Waals surface area contributed by atoms with E-state index in [0.29, 0.717) is 11.8 Å². The van der Waals surface area contributed by atoms with Crippen molar-refractivity contribution >= 4 is 5.97 Å². The second-order valence-electron chi connectivity index (χ2n) is 4.04. The summed E-state index contributed by atoms with van der Waals surface area (Å²) in [7, 11) is 0. The van der Waals surface area contributed by atoms with Crippen LogP contribution in [0.25, 0.3) is 0 Å². The molecule has 0 bridgehead atoms. The zero-order valence-corrected chi connectivity index (χ0v) is 8.18. The molecule has 1 aliphatic rings. The summed E-state index contributed by atoms with van der Waals surface area (Å²) in [6.07, 6.45) is 0.839. The smallest absolute Gasteiger partial charge is 0.306 e. The van der Waals surface area contributed by atoms with Crippen LogP contribution in [0.4, 0.5) is 0 Å². The fourth-order valence-corrected chi connectivity index (χ4v) is 2.05. The van der Waals surface area contributed by atoms with Crippen molar-refractivity contribution in [3.8, 4) is 0 Å². The number of aliphatic carboxylic acids is 1. The van der Waals surface area contributed by atoms with Gasteiger partial charge in [-0.15, -0.1) is 0 Å². The molecule has 1 fully saturated rings. The lowest BCUT2D eigenvalue weighted by molar-refractivity contribution is -0.138. The van der Waals surface area contributed by atoms with Crippen molar-refractivity contribution in [2.45, 2.75) is 19.3 Å². The van der Waals surface area contributed by atoms with Gasteiger partial charge in [0.1, 0.15) is 0 Å². The largest absolute Gasteiger partial charge is 0.481 e. The Balaban J connectivity index is 2.05. The minimum Gasteiger partial charge on any atom is -0.481 e. The molecule has 14 heavy (non-hydrogen) atoms. The molecule has 0 amide bonds. The van der Waals surface area contributed by atoms with Crippen molar-refractivity contribution < 1.29 is 9.90 Å². The van der Waals surface area contributed by atoms with E-state index < -0.39 is 5.97 Å². The van der Waals surface area contributed by atoms with Gasteiger partial charge in [0.25, 0.3) is 0 Å². The summed E-state index contributed by atoms with van der Waals surface area (Å²) < 4.78 is 0. The lowest BCUT2D eigenvalue weighted by Gasteiger charge is -2.10. The third-order valence-corrected chi connectivity index (χ3v) is 3.12. The Morgan fingerprint density at radius 1 is 1.43 bits per heavy atom. The van der Waals surface area contributed by atoms with E-state index in [0.717, 1.165) is 6.42 Å². The van der Waals surface area contributed by atoms with Crippen molar-refractivity contribution in [3.63, 3.8) is 0 Å². The summed E-state index contributed by atoms with van der Waals surface area (Å²) in [5.41, 5.74) is 1.25. The van der Waals surface area contributed by atoms with Gasteiger partial charge in [-0.2, -0.15) is 0 Å². The SMILES string of the molecule is CC(c1ccccc1)[C@@H]1C[C@H]1C(=O)O. The van der Waals surface area contributed by atoms with Crippen LogP contribution >= 0.6 is 0 Å². The fourth-order valence-electron chi connectivity index (χ4n) is 2.05. The first-order valence-electron chi connectivity index (χ1n) is 4.98. The van der Waals surface area contributed by atoms with Gasteiger partial charge in [-0.3, -0.25) is 4.79 Å². The molecular formula is C12H14O2. The number of hydrogen-bond donors (Lipinski definition) is 1. The average molecular weight is 190 g/mol. The molecule has 0 saturated heterocycles. The summed E-state index contributed by atoms with van der Waals surface area (Å²) in [5, 5.41) is 8.82. The summed E-state index contributed by atoms with van der Waals surface area (Å²) in [5.74, 6) is -0.0322. The highest BCUT2D eigenvalue weighted by atomic mass is 16.4. The van der Waals surface area contributed by atoms with Crippen LogP contribution in [0.3, 0.4) is 0 Å². The third kappa shape index (κ3) is 1.65. The van der Waals surface area contributed by atoms with Crippen LogP contribution in [0.5, 0.6) is 0 Å². The Morgan fingerprint density at radius 3 is 2.57 bits per heavy atom. The molecule has 1 saturated carbocycles. The maximum absolute atomic E-state index is 10.7. The van der Waals surface area contributed by atoms with E-state index in [1.54, 1.807) is 0 Å². The highest BCUT2D eigenvalue weighted by Crippen LogP contribution is 2.48. The van der Waals surface area contributed by atoms with Gasteiger partial charge in [0.15, 0.2) is 0 Å². The Hall–Kier alpha value is -1.31. The van der Waals surface area contributed by atoms with Crippen LogP contribution < -0.4 is 0 Å². The van der Waals surface area contributed by atoms with Gasteiger partial charge < -0.3 is 5.11 Å². The van der Waals surface area contributed by atoms with Gasteiger partial charge in [-0.25, -0.2) is 0 Å². The van der Waals surface area contributed by atoms with E-state index in [2.05, 4.69) is 19.1 Å². The molecule has 1 aliphatic carbocycles. The molecule has 0 aromatic heterocycles. The molecule has 1 N–H and O–H groups in total. The van der Waals surface area contributed by atoms with E-state index in [1.165, 1.54) is 5.56 Å². The third-order valence-electron chi connectivity index (χ3n) is 3.12. The van der Waals surface area contributed by atoms with Crippen LogP contribution in [0.15, 0.2) is 30.3 Å². The summed E-state index contributed by atoms with van der Waals surface area (Å²) in [4.78, 5) is 10.7. The minimum atomic E-state index is -0.641. The summed E-state index contributed by atoms with van der Waals surface area (Å²) >= 11 is 0. The predicted molar refractivity (Wildman–Crippen MR) is 54.1 cm³/mol. The van der Waals surface area contributed by atoms with Gasteiger partial charge in [-0.05, 0) is 23.8 Å². The first kappa shape index (κ1) is 9.25. The Morgan fingerprint density at radius 2 is 2.07 bits per heavy atom. The maximum atomic E-state index is 10.7. The minimum absolute atomic E-state index is 0.106. The molecule has 2 rings (SSSR count). The molecule has 2 heteroatoms. The number of carbonyl (C=O) groups is 1. The summed E-state index contributed by atoms with van der Waals surface area (Å²) in [6, 6.07) is 10.1.